The van der Waals surface area contributed by atoms with E-state index < -0.39 is 41.1 Å². The number of likely N-dealkylation sites (tertiary alicyclic amines) is 1. The number of aliphatic hydroxyl groups excluding tert-OH is 1. The van der Waals surface area contributed by atoms with Gasteiger partial charge in [-0.2, -0.15) is 0 Å². The molecular formula is C29H37ClN2O6. The lowest BCUT2D eigenvalue weighted by Crippen LogP contribution is -2.59. The fourth-order valence-electron chi connectivity index (χ4n) is 6.69. The molecule has 1 aromatic rings. The monoisotopic (exact) mass is 544 g/mol. The summed E-state index contributed by atoms with van der Waals surface area (Å²) in [5, 5.41) is 10.6. The van der Waals surface area contributed by atoms with Crippen LogP contribution in [0.4, 0.5) is 5.69 Å². The molecule has 4 rings (SSSR count). The molecule has 1 N–H and O–H groups in total. The van der Waals surface area contributed by atoms with Crippen LogP contribution in [0.5, 0.6) is 0 Å². The topological polar surface area (TPSA) is 96.4 Å². The van der Waals surface area contributed by atoms with Crippen LogP contribution in [0.2, 0.25) is 5.02 Å². The number of benzene rings is 1. The Hall–Kier alpha value is -2.68. The summed E-state index contributed by atoms with van der Waals surface area (Å²) in [7, 11) is 0. The average molecular weight is 545 g/mol. The molecule has 0 aliphatic carbocycles. The summed E-state index contributed by atoms with van der Waals surface area (Å²) >= 11 is 6.50. The first-order chi connectivity index (χ1) is 18.3. The number of carbonyl (C=O) groups is 3. The molecule has 3 aliphatic rings. The number of aliphatic hydroxyl groups is 1. The number of hydrogen-bond acceptors (Lipinski definition) is 6. The third kappa shape index (κ3) is 4.27. The fraction of sp³-hybridized carbons (Fsp3) is 0.552. The Labute approximate surface area is 229 Å². The SMILES string of the molecule is C=CCCOC(=O)[C@H]1[C@H]2C(=O)N([C@@H](CC)CO)C(C(=O)N(CC=C)c3ccccc3Cl)C23CC[C@]1(CC)O3. The molecule has 3 fully saturated rings. The molecule has 8 nitrogen and oxygen atoms in total. The second-order valence-corrected chi connectivity index (χ2v) is 10.7. The van der Waals surface area contributed by atoms with Gasteiger partial charge in [0.1, 0.15) is 17.6 Å². The molecule has 1 spiro atoms. The van der Waals surface area contributed by atoms with E-state index in [0.29, 0.717) is 42.8 Å². The van der Waals surface area contributed by atoms with Crippen molar-refractivity contribution in [2.75, 3.05) is 24.7 Å². The Bertz CT molecular complexity index is 1110. The molecule has 2 amide bonds. The van der Waals surface area contributed by atoms with Crippen molar-refractivity contribution in [3.05, 3.63) is 54.6 Å². The lowest BCUT2D eigenvalue weighted by molar-refractivity contribution is -0.162. The van der Waals surface area contributed by atoms with E-state index in [0.717, 1.165) is 0 Å². The van der Waals surface area contributed by atoms with Gasteiger partial charge in [0.2, 0.25) is 5.91 Å². The minimum atomic E-state index is -1.23. The van der Waals surface area contributed by atoms with Crippen LogP contribution in [0.15, 0.2) is 49.6 Å². The number of amides is 2. The molecule has 9 heteroatoms. The van der Waals surface area contributed by atoms with E-state index in [4.69, 9.17) is 21.1 Å². The molecule has 3 aliphatic heterocycles. The second-order valence-electron chi connectivity index (χ2n) is 10.3. The van der Waals surface area contributed by atoms with E-state index in [9.17, 15) is 19.5 Å². The second kappa shape index (κ2) is 11.2. The van der Waals surface area contributed by atoms with Crippen molar-refractivity contribution in [3.8, 4) is 0 Å². The van der Waals surface area contributed by atoms with Crippen molar-refractivity contribution in [2.24, 2.45) is 11.8 Å². The molecule has 6 atom stereocenters. The zero-order valence-electron chi connectivity index (χ0n) is 22.1. The van der Waals surface area contributed by atoms with Crippen molar-refractivity contribution in [1.82, 2.24) is 4.90 Å². The smallest absolute Gasteiger partial charge is 0.312 e. The number of fused-ring (bicyclic) bond motifs is 1. The van der Waals surface area contributed by atoms with E-state index in [2.05, 4.69) is 13.2 Å². The Kier molecular flexibility index (Phi) is 8.35. The van der Waals surface area contributed by atoms with E-state index >= 15 is 0 Å². The van der Waals surface area contributed by atoms with Gasteiger partial charge >= 0.3 is 5.97 Å². The van der Waals surface area contributed by atoms with Gasteiger partial charge in [0.05, 0.1) is 41.5 Å². The van der Waals surface area contributed by atoms with E-state index in [1.165, 1.54) is 9.80 Å². The van der Waals surface area contributed by atoms with Crippen LogP contribution >= 0.6 is 11.6 Å². The normalized spacial score (nSPS) is 30.2. The van der Waals surface area contributed by atoms with E-state index in [1.54, 1.807) is 36.4 Å². The number of carbonyl (C=O) groups excluding carboxylic acids is 3. The molecule has 2 bridgehead atoms. The number of rotatable bonds is 12. The molecule has 2 unspecified atom stereocenters. The van der Waals surface area contributed by atoms with Gasteiger partial charge in [-0.05, 0) is 44.2 Å². The summed E-state index contributed by atoms with van der Waals surface area (Å²) in [5.74, 6) is -2.97. The first-order valence-electron chi connectivity index (χ1n) is 13.3. The minimum Gasteiger partial charge on any atom is -0.465 e. The van der Waals surface area contributed by atoms with Gasteiger partial charge in [-0.25, -0.2) is 0 Å². The summed E-state index contributed by atoms with van der Waals surface area (Å²) in [6.45, 7) is 11.3. The third-order valence-electron chi connectivity index (χ3n) is 8.47. The maximum Gasteiger partial charge on any atom is 0.312 e. The Morgan fingerprint density at radius 1 is 1.29 bits per heavy atom. The quantitative estimate of drug-likeness (QED) is 0.243. The first-order valence-corrected chi connectivity index (χ1v) is 13.7. The van der Waals surface area contributed by atoms with Crippen molar-refractivity contribution in [2.45, 2.75) is 69.2 Å². The van der Waals surface area contributed by atoms with Crippen LogP contribution in [0.25, 0.3) is 0 Å². The van der Waals surface area contributed by atoms with Gasteiger partial charge in [-0.1, -0.05) is 49.7 Å². The highest BCUT2D eigenvalue weighted by Gasteiger charge is 2.79. The number of hydrogen-bond donors (Lipinski definition) is 1. The van der Waals surface area contributed by atoms with Crippen molar-refractivity contribution in [3.63, 3.8) is 0 Å². The van der Waals surface area contributed by atoms with Gasteiger partial charge in [-0.15, -0.1) is 13.2 Å². The molecule has 3 heterocycles. The van der Waals surface area contributed by atoms with Crippen LogP contribution in [-0.2, 0) is 23.9 Å². The molecule has 38 heavy (non-hydrogen) atoms. The molecular weight excluding hydrogens is 508 g/mol. The van der Waals surface area contributed by atoms with Gasteiger partial charge in [0.15, 0.2) is 0 Å². The predicted molar refractivity (Wildman–Crippen MR) is 145 cm³/mol. The standard InChI is InChI=1S/C29H37ClN2O6/c1-5-9-17-37-27(36)23-22-25(34)32(19(7-3)18-33)24(29(22)15-14-28(23,8-4)38-29)26(35)31(16-6-2)21-13-11-10-12-20(21)30/h5-6,10-13,19,22-24,33H,1-2,7-9,14-18H2,3-4H3/t19-,22-,23+,24?,28-,29?/m0/s1. The first kappa shape index (κ1) is 28.3. The fourth-order valence-corrected chi connectivity index (χ4v) is 6.93. The number of para-hydroxylation sites is 1. The number of nitrogens with zero attached hydrogens (tertiary/aromatic N) is 2. The lowest BCUT2D eigenvalue weighted by atomic mass is 9.65. The van der Waals surface area contributed by atoms with Crippen LogP contribution in [0, 0.1) is 11.8 Å². The van der Waals surface area contributed by atoms with Gasteiger partial charge < -0.3 is 24.4 Å². The van der Waals surface area contributed by atoms with E-state index in [-0.39, 0.29) is 31.6 Å². The summed E-state index contributed by atoms with van der Waals surface area (Å²) in [6.07, 6.45) is 5.64. The Balaban J connectivity index is 1.84. The van der Waals surface area contributed by atoms with Crippen LogP contribution in [0.3, 0.4) is 0 Å². The summed E-state index contributed by atoms with van der Waals surface area (Å²) in [6, 6.07) is 5.32. The van der Waals surface area contributed by atoms with Crippen LogP contribution in [0.1, 0.15) is 46.0 Å². The van der Waals surface area contributed by atoms with E-state index in [1.807, 2.05) is 13.8 Å². The number of esters is 1. The van der Waals surface area contributed by atoms with Crippen molar-refractivity contribution in [1.29, 1.82) is 0 Å². The highest BCUT2D eigenvalue weighted by atomic mass is 35.5. The average Bonchev–Trinajstić information content (AvgIpc) is 3.52. The minimum absolute atomic E-state index is 0.156. The van der Waals surface area contributed by atoms with Crippen molar-refractivity contribution >= 4 is 35.1 Å². The number of anilines is 1. The largest absolute Gasteiger partial charge is 0.465 e. The Morgan fingerprint density at radius 3 is 2.63 bits per heavy atom. The summed E-state index contributed by atoms with van der Waals surface area (Å²) in [4.78, 5) is 45.2. The van der Waals surface area contributed by atoms with Gasteiger partial charge in [0.25, 0.3) is 5.91 Å². The molecule has 3 saturated heterocycles. The predicted octanol–water partition coefficient (Wildman–Crippen LogP) is 3.90. The van der Waals surface area contributed by atoms with Gasteiger partial charge in [0, 0.05) is 6.54 Å². The van der Waals surface area contributed by atoms with Crippen molar-refractivity contribution < 1.29 is 29.0 Å². The molecule has 1 aromatic carbocycles. The number of halogens is 1. The molecule has 0 saturated carbocycles. The lowest BCUT2D eigenvalue weighted by Gasteiger charge is -2.39. The zero-order valence-corrected chi connectivity index (χ0v) is 22.9. The maximum absolute atomic E-state index is 14.5. The third-order valence-corrected chi connectivity index (χ3v) is 8.79. The Morgan fingerprint density at radius 2 is 2.03 bits per heavy atom. The highest BCUT2D eigenvalue weighted by molar-refractivity contribution is 6.34. The highest BCUT2D eigenvalue weighted by Crippen LogP contribution is 2.65. The van der Waals surface area contributed by atoms with Crippen LogP contribution in [-0.4, -0.2) is 70.8 Å². The molecule has 0 radical (unpaired) electrons. The van der Waals surface area contributed by atoms with Gasteiger partial charge in [-0.3, -0.25) is 14.4 Å². The zero-order chi connectivity index (χ0) is 27.7. The maximum atomic E-state index is 14.5. The molecule has 0 aromatic heterocycles. The number of ether oxygens (including phenoxy) is 2. The summed E-state index contributed by atoms with van der Waals surface area (Å²) < 4.78 is 12.3. The van der Waals surface area contributed by atoms with Crippen LogP contribution < -0.4 is 4.90 Å². The molecule has 206 valence electrons. The summed E-state index contributed by atoms with van der Waals surface area (Å²) in [5.41, 5.74) is -1.64.